The fourth-order valence-corrected chi connectivity index (χ4v) is 2.91. The summed E-state index contributed by atoms with van der Waals surface area (Å²) >= 11 is 9.58. The molecule has 0 radical (unpaired) electrons. The lowest BCUT2D eigenvalue weighted by Crippen LogP contribution is -2.22. The van der Waals surface area contributed by atoms with Crippen molar-refractivity contribution >= 4 is 33.3 Å². The van der Waals surface area contributed by atoms with Crippen LogP contribution in [-0.2, 0) is 0 Å². The largest absolute Gasteiger partial charge is 0.355 e. The van der Waals surface area contributed by atoms with Gasteiger partial charge in [0.2, 0.25) is 0 Å². The minimum atomic E-state index is 0.735. The topological polar surface area (TPSA) is 16.1 Å². The van der Waals surface area contributed by atoms with E-state index in [1.54, 1.807) is 0 Å². The van der Waals surface area contributed by atoms with E-state index in [1.165, 1.54) is 6.42 Å². The predicted molar refractivity (Wildman–Crippen MR) is 72.1 cm³/mol. The Morgan fingerprint density at radius 2 is 2.31 bits per heavy atom. The molecule has 0 saturated carbocycles. The van der Waals surface area contributed by atoms with Gasteiger partial charge in [-0.3, -0.25) is 0 Å². The highest BCUT2D eigenvalue weighted by molar-refractivity contribution is 9.10. The number of aromatic nitrogens is 1. The van der Waals surface area contributed by atoms with Gasteiger partial charge in [0.15, 0.2) is 0 Å². The normalized spacial score (nSPS) is 20.8. The summed E-state index contributed by atoms with van der Waals surface area (Å²) in [7, 11) is 0. The van der Waals surface area contributed by atoms with Crippen LogP contribution in [0.3, 0.4) is 0 Å². The maximum atomic E-state index is 6.20. The lowest BCUT2D eigenvalue weighted by molar-refractivity contribution is 0.422. The molecule has 16 heavy (non-hydrogen) atoms. The van der Waals surface area contributed by atoms with E-state index in [4.69, 9.17) is 11.6 Å². The number of hydrogen-bond donors (Lipinski definition) is 0. The van der Waals surface area contributed by atoms with Crippen LogP contribution in [0.4, 0.5) is 5.82 Å². The Kier molecular flexibility index (Phi) is 3.75. The quantitative estimate of drug-likeness (QED) is 0.821. The number of anilines is 1. The van der Waals surface area contributed by atoms with Gasteiger partial charge in [0.05, 0.1) is 5.02 Å². The molecule has 1 aliphatic heterocycles. The Bertz CT molecular complexity index is 381. The average molecular weight is 304 g/mol. The second-order valence-electron chi connectivity index (χ2n) is 4.70. The summed E-state index contributed by atoms with van der Waals surface area (Å²) in [5, 5.41) is 0.735. The second-order valence-corrected chi connectivity index (χ2v) is 6.02. The van der Waals surface area contributed by atoms with Gasteiger partial charge >= 0.3 is 0 Å². The van der Waals surface area contributed by atoms with Crippen molar-refractivity contribution in [1.29, 1.82) is 0 Å². The van der Waals surface area contributed by atoms with Crippen LogP contribution in [0.15, 0.2) is 16.7 Å². The van der Waals surface area contributed by atoms with Crippen molar-refractivity contribution in [2.75, 3.05) is 18.0 Å². The lowest BCUT2D eigenvalue weighted by atomic mass is 9.95. The monoisotopic (exact) mass is 302 g/mol. The standard InChI is InChI=1S/C12H16BrClN2/c1-8(2)9-3-4-16(7-9)12-11(14)5-10(13)6-15-12/h5-6,8-9H,3-4,7H2,1-2H3. The first-order valence-electron chi connectivity index (χ1n) is 5.64. The van der Waals surface area contributed by atoms with Gasteiger partial charge in [-0.1, -0.05) is 25.4 Å². The summed E-state index contributed by atoms with van der Waals surface area (Å²) in [6, 6.07) is 1.91. The summed E-state index contributed by atoms with van der Waals surface area (Å²) in [6.45, 7) is 6.71. The first-order valence-corrected chi connectivity index (χ1v) is 6.81. The van der Waals surface area contributed by atoms with Gasteiger partial charge in [0.1, 0.15) is 5.82 Å². The summed E-state index contributed by atoms with van der Waals surface area (Å²) in [4.78, 5) is 6.69. The fraction of sp³-hybridized carbons (Fsp3) is 0.583. The summed E-state index contributed by atoms with van der Waals surface area (Å²) in [5.41, 5.74) is 0. The van der Waals surface area contributed by atoms with E-state index >= 15 is 0 Å². The van der Waals surface area contributed by atoms with Crippen LogP contribution in [0.25, 0.3) is 0 Å². The van der Waals surface area contributed by atoms with Crippen molar-refractivity contribution in [2.24, 2.45) is 11.8 Å². The van der Waals surface area contributed by atoms with E-state index in [1.807, 2.05) is 12.3 Å². The Labute approximate surface area is 110 Å². The molecule has 88 valence electrons. The molecule has 0 amide bonds. The van der Waals surface area contributed by atoms with E-state index in [0.717, 1.165) is 40.2 Å². The van der Waals surface area contributed by atoms with Crippen LogP contribution >= 0.6 is 27.5 Å². The maximum Gasteiger partial charge on any atom is 0.147 e. The van der Waals surface area contributed by atoms with Crippen LogP contribution in [0, 0.1) is 11.8 Å². The molecular formula is C12H16BrClN2. The highest BCUT2D eigenvalue weighted by atomic mass is 79.9. The van der Waals surface area contributed by atoms with Crippen molar-refractivity contribution in [3.05, 3.63) is 21.8 Å². The molecule has 0 spiro atoms. The number of rotatable bonds is 2. The van der Waals surface area contributed by atoms with Crippen LogP contribution in [-0.4, -0.2) is 18.1 Å². The molecule has 0 aromatic carbocycles. The molecule has 2 nitrogen and oxygen atoms in total. The predicted octanol–water partition coefficient (Wildman–Crippen LogP) is 3.98. The maximum absolute atomic E-state index is 6.20. The third-order valence-corrected chi connectivity index (χ3v) is 3.97. The van der Waals surface area contributed by atoms with Crippen molar-refractivity contribution in [3.63, 3.8) is 0 Å². The van der Waals surface area contributed by atoms with Crippen molar-refractivity contribution in [2.45, 2.75) is 20.3 Å². The zero-order valence-corrected chi connectivity index (χ0v) is 11.9. The molecule has 0 N–H and O–H groups in total. The lowest BCUT2D eigenvalue weighted by Gasteiger charge is -2.20. The highest BCUT2D eigenvalue weighted by Gasteiger charge is 2.26. The van der Waals surface area contributed by atoms with E-state index in [2.05, 4.69) is 39.7 Å². The van der Waals surface area contributed by atoms with E-state index < -0.39 is 0 Å². The SMILES string of the molecule is CC(C)C1CCN(c2ncc(Br)cc2Cl)C1. The number of nitrogens with zero attached hydrogens (tertiary/aromatic N) is 2. The minimum absolute atomic E-state index is 0.735. The Hall–Kier alpha value is -0.280. The van der Waals surface area contributed by atoms with Gasteiger partial charge in [-0.15, -0.1) is 0 Å². The van der Waals surface area contributed by atoms with Crippen LogP contribution in [0.1, 0.15) is 20.3 Å². The van der Waals surface area contributed by atoms with Gasteiger partial charge in [-0.05, 0) is 40.3 Å². The third kappa shape index (κ3) is 2.51. The van der Waals surface area contributed by atoms with E-state index in [9.17, 15) is 0 Å². The molecule has 1 aromatic heterocycles. The van der Waals surface area contributed by atoms with Crippen LogP contribution in [0.2, 0.25) is 5.02 Å². The van der Waals surface area contributed by atoms with Crippen molar-refractivity contribution in [3.8, 4) is 0 Å². The fourth-order valence-electron chi connectivity index (χ4n) is 2.16. The zero-order chi connectivity index (χ0) is 11.7. The molecule has 1 fully saturated rings. The number of halogens is 2. The first-order chi connectivity index (χ1) is 7.58. The molecule has 4 heteroatoms. The smallest absolute Gasteiger partial charge is 0.147 e. The molecule has 0 bridgehead atoms. The van der Waals surface area contributed by atoms with E-state index in [-0.39, 0.29) is 0 Å². The van der Waals surface area contributed by atoms with Crippen LogP contribution < -0.4 is 4.90 Å². The van der Waals surface area contributed by atoms with Gasteiger partial charge in [0.25, 0.3) is 0 Å². The molecule has 1 unspecified atom stereocenters. The molecule has 1 saturated heterocycles. The Morgan fingerprint density at radius 3 is 2.88 bits per heavy atom. The highest BCUT2D eigenvalue weighted by Crippen LogP contribution is 2.32. The average Bonchev–Trinajstić information content (AvgIpc) is 2.66. The van der Waals surface area contributed by atoms with Crippen molar-refractivity contribution < 1.29 is 0 Å². The number of pyridine rings is 1. The molecule has 2 heterocycles. The Morgan fingerprint density at radius 1 is 1.56 bits per heavy atom. The summed E-state index contributed by atoms with van der Waals surface area (Å²) in [5.74, 6) is 2.42. The molecule has 1 aromatic rings. The summed E-state index contributed by atoms with van der Waals surface area (Å²) in [6.07, 6.45) is 3.05. The molecular weight excluding hydrogens is 288 g/mol. The van der Waals surface area contributed by atoms with Crippen LogP contribution in [0.5, 0.6) is 0 Å². The third-order valence-electron chi connectivity index (χ3n) is 3.26. The van der Waals surface area contributed by atoms with Crippen molar-refractivity contribution in [1.82, 2.24) is 4.98 Å². The van der Waals surface area contributed by atoms with Gasteiger partial charge in [-0.2, -0.15) is 0 Å². The Balaban J connectivity index is 2.14. The minimum Gasteiger partial charge on any atom is -0.355 e. The molecule has 2 rings (SSSR count). The van der Waals surface area contributed by atoms with Gasteiger partial charge in [0, 0.05) is 23.8 Å². The first kappa shape index (κ1) is 12.2. The van der Waals surface area contributed by atoms with Gasteiger partial charge in [-0.25, -0.2) is 4.98 Å². The van der Waals surface area contributed by atoms with Gasteiger partial charge < -0.3 is 4.90 Å². The number of hydrogen-bond acceptors (Lipinski definition) is 2. The second kappa shape index (κ2) is 4.92. The van der Waals surface area contributed by atoms with E-state index in [0.29, 0.717) is 0 Å². The molecule has 1 aliphatic rings. The molecule has 0 aliphatic carbocycles. The zero-order valence-electron chi connectivity index (χ0n) is 9.58. The molecule has 1 atom stereocenters. The summed E-state index contributed by atoms with van der Waals surface area (Å²) < 4.78 is 0.931.